The molecule has 1 aliphatic rings. The van der Waals surface area contributed by atoms with Crippen LogP contribution in [-0.4, -0.2) is 21.2 Å². The summed E-state index contributed by atoms with van der Waals surface area (Å²) >= 11 is 0. The van der Waals surface area contributed by atoms with E-state index >= 15 is 0 Å². The zero-order valence-corrected chi connectivity index (χ0v) is 10.8. The molecule has 1 aromatic carbocycles. The van der Waals surface area contributed by atoms with Gasteiger partial charge in [0, 0.05) is 5.92 Å². The molecule has 0 unspecified atom stereocenters. The van der Waals surface area contributed by atoms with Gasteiger partial charge >= 0.3 is 5.97 Å². The van der Waals surface area contributed by atoms with Crippen LogP contribution in [0.3, 0.4) is 0 Å². The summed E-state index contributed by atoms with van der Waals surface area (Å²) in [7, 11) is 0. The summed E-state index contributed by atoms with van der Waals surface area (Å²) in [6.07, 6.45) is 2.27. The smallest absolute Gasteiger partial charge is 0.307 e. The van der Waals surface area contributed by atoms with Gasteiger partial charge in [0.05, 0.1) is 6.42 Å². The Kier molecular flexibility index (Phi) is 3.37. The molecule has 2 aromatic rings. The molecule has 0 radical (unpaired) electrons. The predicted octanol–water partition coefficient (Wildman–Crippen LogP) is 2.15. The molecule has 1 N–H and O–H groups in total. The molecule has 1 aromatic heterocycles. The molecule has 0 saturated heterocycles. The van der Waals surface area contributed by atoms with Crippen molar-refractivity contribution in [2.45, 2.75) is 31.8 Å². The molecule has 6 nitrogen and oxygen atoms in total. The Morgan fingerprint density at radius 3 is 2.75 bits per heavy atom. The number of carbonyl (C=O) groups is 1. The molecule has 1 saturated carbocycles. The zero-order chi connectivity index (χ0) is 13.9. The van der Waals surface area contributed by atoms with E-state index in [2.05, 4.69) is 10.1 Å². The van der Waals surface area contributed by atoms with Crippen molar-refractivity contribution in [1.82, 2.24) is 10.1 Å². The molecule has 6 heteroatoms. The van der Waals surface area contributed by atoms with Crippen molar-refractivity contribution in [3.05, 3.63) is 41.5 Å². The van der Waals surface area contributed by atoms with Crippen LogP contribution in [0.1, 0.15) is 36.0 Å². The van der Waals surface area contributed by atoms with E-state index in [1.54, 1.807) is 24.3 Å². The summed E-state index contributed by atoms with van der Waals surface area (Å²) in [5.41, 5.74) is 0.735. The van der Waals surface area contributed by atoms with Crippen LogP contribution in [0.5, 0.6) is 5.75 Å². The molecule has 1 heterocycles. The molecular formula is C14H14N2O4. The number of aromatic nitrogens is 2. The molecule has 0 aliphatic heterocycles. The second kappa shape index (κ2) is 5.32. The van der Waals surface area contributed by atoms with E-state index in [1.807, 2.05) is 0 Å². The van der Waals surface area contributed by atoms with Gasteiger partial charge in [0.25, 0.3) is 5.89 Å². The van der Waals surface area contributed by atoms with Gasteiger partial charge in [0.1, 0.15) is 5.75 Å². The molecule has 104 valence electrons. The largest absolute Gasteiger partial charge is 0.484 e. The third kappa shape index (κ3) is 3.14. The Balaban J connectivity index is 1.55. The van der Waals surface area contributed by atoms with Crippen molar-refractivity contribution in [1.29, 1.82) is 0 Å². The molecule has 1 fully saturated rings. The maximum atomic E-state index is 10.6. The minimum absolute atomic E-state index is 0.00862. The standard InChI is InChI=1S/C14H14N2O4/c17-13(18)7-9-1-5-11(6-2-9)19-8-12-15-14(16-20-12)10-3-4-10/h1-2,5-6,10H,3-4,7-8H2,(H,17,18). The van der Waals surface area contributed by atoms with Crippen molar-refractivity contribution >= 4 is 5.97 Å². The summed E-state index contributed by atoms with van der Waals surface area (Å²) in [4.78, 5) is 14.8. The van der Waals surface area contributed by atoms with Gasteiger partial charge in [-0.3, -0.25) is 4.79 Å². The van der Waals surface area contributed by atoms with E-state index in [0.29, 0.717) is 17.6 Å². The monoisotopic (exact) mass is 274 g/mol. The minimum Gasteiger partial charge on any atom is -0.484 e. The highest BCUT2D eigenvalue weighted by atomic mass is 16.5. The van der Waals surface area contributed by atoms with Gasteiger partial charge in [-0.25, -0.2) is 0 Å². The van der Waals surface area contributed by atoms with Crippen molar-refractivity contribution in [2.24, 2.45) is 0 Å². The van der Waals surface area contributed by atoms with Gasteiger partial charge in [-0.2, -0.15) is 4.98 Å². The van der Waals surface area contributed by atoms with Crippen LogP contribution in [0.25, 0.3) is 0 Å². The molecule has 0 spiro atoms. The number of nitrogens with zero attached hydrogens (tertiary/aromatic N) is 2. The van der Waals surface area contributed by atoms with Gasteiger partial charge in [-0.15, -0.1) is 0 Å². The maximum Gasteiger partial charge on any atom is 0.307 e. The van der Waals surface area contributed by atoms with Crippen LogP contribution >= 0.6 is 0 Å². The quantitative estimate of drug-likeness (QED) is 0.868. The average molecular weight is 274 g/mol. The predicted molar refractivity (Wildman–Crippen MR) is 68.4 cm³/mol. The first-order valence-corrected chi connectivity index (χ1v) is 6.47. The lowest BCUT2D eigenvalue weighted by Crippen LogP contribution is -2.00. The molecule has 3 rings (SSSR count). The third-order valence-electron chi connectivity index (χ3n) is 3.07. The van der Waals surface area contributed by atoms with E-state index in [4.69, 9.17) is 14.4 Å². The van der Waals surface area contributed by atoms with E-state index in [1.165, 1.54) is 0 Å². The Labute approximate surface area is 115 Å². The average Bonchev–Trinajstić information content (AvgIpc) is 3.17. The molecule has 20 heavy (non-hydrogen) atoms. The molecular weight excluding hydrogens is 260 g/mol. The van der Waals surface area contributed by atoms with E-state index in [0.717, 1.165) is 24.2 Å². The van der Waals surface area contributed by atoms with Crippen molar-refractivity contribution < 1.29 is 19.2 Å². The second-order valence-corrected chi connectivity index (χ2v) is 4.82. The van der Waals surface area contributed by atoms with Crippen molar-refractivity contribution in [3.63, 3.8) is 0 Å². The molecule has 0 bridgehead atoms. The van der Waals surface area contributed by atoms with Crippen LogP contribution in [0, 0.1) is 0 Å². The first-order valence-electron chi connectivity index (χ1n) is 6.47. The Morgan fingerprint density at radius 2 is 2.10 bits per heavy atom. The highest BCUT2D eigenvalue weighted by Gasteiger charge is 2.28. The van der Waals surface area contributed by atoms with Gasteiger partial charge in [-0.1, -0.05) is 17.3 Å². The van der Waals surface area contributed by atoms with Gasteiger partial charge in [0.15, 0.2) is 12.4 Å². The normalized spacial score (nSPS) is 14.2. The van der Waals surface area contributed by atoms with Crippen molar-refractivity contribution in [2.75, 3.05) is 0 Å². The fourth-order valence-electron chi connectivity index (χ4n) is 1.86. The third-order valence-corrected chi connectivity index (χ3v) is 3.07. The summed E-state index contributed by atoms with van der Waals surface area (Å²) in [5, 5.41) is 12.6. The highest BCUT2D eigenvalue weighted by Crippen LogP contribution is 2.38. The number of rotatable bonds is 6. The Morgan fingerprint density at radius 1 is 1.35 bits per heavy atom. The molecule has 1 aliphatic carbocycles. The number of hydrogen-bond donors (Lipinski definition) is 1. The fourth-order valence-corrected chi connectivity index (χ4v) is 1.86. The van der Waals surface area contributed by atoms with E-state index in [-0.39, 0.29) is 13.0 Å². The van der Waals surface area contributed by atoms with Crippen LogP contribution in [0.2, 0.25) is 0 Å². The van der Waals surface area contributed by atoms with E-state index < -0.39 is 5.97 Å². The van der Waals surface area contributed by atoms with Crippen LogP contribution in [-0.2, 0) is 17.8 Å². The molecule has 0 amide bonds. The first kappa shape index (κ1) is 12.7. The summed E-state index contributed by atoms with van der Waals surface area (Å²) in [6, 6.07) is 6.92. The first-order chi connectivity index (χ1) is 9.70. The second-order valence-electron chi connectivity index (χ2n) is 4.82. The number of carboxylic acid groups (broad SMARTS) is 1. The lowest BCUT2D eigenvalue weighted by Gasteiger charge is -2.03. The molecule has 0 atom stereocenters. The van der Waals surface area contributed by atoms with Crippen LogP contribution < -0.4 is 4.74 Å². The Bertz CT molecular complexity index is 602. The number of aliphatic carboxylic acids is 1. The number of ether oxygens (including phenoxy) is 1. The maximum absolute atomic E-state index is 10.6. The van der Waals surface area contributed by atoms with Gasteiger partial charge < -0.3 is 14.4 Å². The summed E-state index contributed by atoms with van der Waals surface area (Å²) in [6.45, 7) is 0.220. The Hall–Kier alpha value is -2.37. The minimum atomic E-state index is -0.850. The zero-order valence-electron chi connectivity index (χ0n) is 10.8. The lowest BCUT2D eigenvalue weighted by atomic mass is 10.1. The number of carboxylic acids is 1. The van der Waals surface area contributed by atoms with Crippen LogP contribution in [0.4, 0.5) is 0 Å². The summed E-state index contributed by atoms with van der Waals surface area (Å²) < 4.78 is 10.6. The number of hydrogen-bond acceptors (Lipinski definition) is 5. The topological polar surface area (TPSA) is 85.5 Å². The SMILES string of the molecule is O=C(O)Cc1ccc(OCc2nc(C3CC3)no2)cc1. The fraction of sp³-hybridized carbons (Fsp3) is 0.357. The highest BCUT2D eigenvalue weighted by molar-refractivity contribution is 5.70. The lowest BCUT2D eigenvalue weighted by molar-refractivity contribution is -0.136. The van der Waals surface area contributed by atoms with Gasteiger partial charge in [-0.05, 0) is 30.5 Å². The van der Waals surface area contributed by atoms with Crippen LogP contribution in [0.15, 0.2) is 28.8 Å². The van der Waals surface area contributed by atoms with Crippen molar-refractivity contribution in [3.8, 4) is 5.75 Å². The number of benzene rings is 1. The van der Waals surface area contributed by atoms with Gasteiger partial charge in [0.2, 0.25) is 0 Å². The summed E-state index contributed by atoms with van der Waals surface area (Å²) in [5.74, 6) is 1.48. The van der Waals surface area contributed by atoms with E-state index in [9.17, 15) is 4.79 Å².